The number of nitrogens with two attached hydrogens (primary N) is 1. The fourth-order valence-corrected chi connectivity index (χ4v) is 1.95. The molecule has 1 fully saturated rings. The summed E-state index contributed by atoms with van der Waals surface area (Å²) in [6.45, 7) is 4.40. The lowest BCUT2D eigenvalue weighted by Gasteiger charge is -2.13. The molecule has 2 N–H and O–H groups in total. The van der Waals surface area contributed by atoms with Gasteiger partial charge in [-0.15, -0.1) is 0 Å². The molecule has 1 aliphatic carbocycles. The summed E-state index contributed by atoms with van der Waals surface area (Å²) in [6, 6.07) is 1.93. The Balaban J connectivity index is 2.29. The molecule has 0 spiro atoms. The molecule has 15 heavy (non-hydrogen) atoms. The van der Waals surface area contributed by atoms with Crippen LogP contribution in [0.3, 0.4) is 0 Å². The van der Waals surface area contributed by atoms with Gasteiger partial charge in [-0.3, -0.25) is 0 Å². The lowest BCUT2D eigenvalue weighted by Crippen LogP contribution is -2.06. The minimum atomic E-state index is 0.535. The molecule has 0 bridgehead atoms. The average Bonchev–Trinajstić information content (AvgIpc) is 3.02. The van der Waals surface area contributed by atoms with Crippen molar-refractivity contribution in [3.05, 3.63) is 17.6 Å². The number of hydrogen-bond acceptors (Lipinski definition) is 3. The van der Waals surface area contributed by atoms with Crippen molar-refractivity contribution in [3.8, 4) is 0 Å². The van der Waals surface area contributed by atoms with Gasteiger partial charge in [-0.25, -0.2) is 9.97 Å². The maximum atomic E-state index is 5.82. The van der Waals surface area contributed by atoms with Gasteiger partial charge in [0, 0.05) is 23.6 Å². The first kappa shape index (κ1) is 10.4. The minimum absolute atomic E-state index is 0.535. The van der Waals surface area contributed by atoms with Crippen molar-refractivity contribution in [1.82, 2.24) is 9.97 Å². The lowest BCUT2D eigenvalue weighted by molar-refractivity contribution is 0.616. The van der Waals surface area contributed by atoms with E-state index >= 15 is 0 Å². The third-order valence-corrected chi connectivity index (χ3v) is 3.13. The van der Waals surface area contributed by atoms with E-state index in [1.54, 1.807) is 0 Å². The largest absolute Gasteiger partial charge is 0.384 e. The smallest absolute Gasteiger partial charge is 0.134 e. The Morgan fingerprint density at radius 3 is 2.53 bits per heavy atom. The molecule has 0 aliphatic heterocycles. The Hall–Kier alpha value is -1.12. The molecule has 1 saturated carbocycles. The van der Waals surface area contributed by atoms with E-state index in [1.165, 1.54) is 12.8 Å². The van der Waals surface area contributed by atoms with Gasteiger partial charge in [-0.05, 0) is 25.7 Å². The van der Waals surface area contributed by atoms with Crippen LogP contribution in [0.15, 0.2) is 6.07 Å². The quantitative estimate of drug-likeness (QED) is 0.822. The molecule has 2 rings (SSSR count). The maximum Gasteiger partial charge on any atom is 0.134 e. The van der Waals surface area contributed by atoms with Gasteiger partial charge in [0.25, 0.3) is 0 Å². The third kappa shape index (κ3) is 2.28. The molecule has 0 atom stereocenters. The summed E-state index contributed by atoms with van der Waals surface area (Å²) in [7, 11) is 0. The van der Waals surface area contributed by atoms with Crippen molar-refractivity contribution < 1.29 is 0 Å². The van der Waals surface area contributed by atoms with E-state index in [4.69, 9.17) is 5.73 Å². The fourth-order valence-electron chi connectivity index (χ4n) is 1.95. The molecule has 0 radical (unpaired) electrons. The summed E-state index contributed by atoms with van der Waals surface area (Å²) in [6.07, 6.45) is 4.70. The van der Waals surface area contributed by atoms with Gasteiger partial charge in [0.15, 0.2) is 0 Å². The summed E-state index contributed by atoms with van der Waals surface area (Å²) in [5.74, 6) is 2.72. The standard InChI is InChI=1S/C12H19N3/c1-3-8(4-2)10-7-11(13)15-12(14-10)9-5-6-9/h7-9H,3-6H2,1-2H3,(H2,13,14,15). The van der Waals surface area contributed by atoms with Crippen molar-refractivity contribution in [2.45, 2.75) is 51.4 Å². The van der Waals surface area contributed by atoms with Crippen molar-refractivity contribution in [3.63, 3.8) is 0 Å². The molecule has 1 aliphatic rings. The monoisotopic (exact) mass is 205 g/mol. The number of anilines is 1. The Labute approximate surface area is 91.1 Å². The topological polar surface area (TPSA) is 51.8 Å². The second-order valence-electron chi connectivity index (χ2n) is 4.36. The van der Waals surface area contributed by atoms with Crippen LogP contribution in [0.2, 0.25) is 0 Å². The molecule has 0 saturated heterocycles. The minimum Gasteiger partial charge on any atom is -0.384 e. The Kier molecular flexibility index (Phi) is 2.89. The zero-order valence-electron chi connectivity index (χ0n) is 9.53. The van der Waals surface area contributed by atoms with E-state index in [0.29, 0.717) is 17.7 Å². The Bertz CT molecular complexity index is 341. The van der Waals surface area contributed by atoms with E-state index in [0.717, 1.165) is 24.4 Å². The van der Waals surface area contributed by atoms with Crippen LogP contribution in [0.25, 0.3) is 0 Å². The first-order valence-corrected chi connectivity index (χ1v) is 5.89. The zero-order valence-corrected chi connectivity index (χ0v) is 9.53. The Morgan fingerprint density at radius 1 is 1.33 bits per heavy atom. The number of aromatic nitrogens is 2. The van der Waals surface area contributed by atoms with Crippen molar-refractivity contribution in [1.29, 1.82) is 0 Å². The summed E-state index contributed by atoms with van der Waals surface area (Å²) in [5.41, 5.74) is 6.95. The molecule has 1 aromatic rings. The highest BCUT2D eigenvalue weighted by Gasteiger charge is 2.27. The average molecular weight is 205 g/mol. The Morgan fingerprint density at radius 2 is 2.00 bits per heavy atom. The van der Waals surface area contributed by atoms with Gasteiger partial charge < -0.3 is 5.73 Å². The summed E-state index contributed by atoms with van der Waals surface area (Å²) >= 11 is 0. The summed E-state index contributed by atoms with van der Waals surface area (Å²) in [5, 5.41) is 0. The van der Waals surface area contributed by atoms with Crippen LogP contribution in [0.4, 0.5) is 5.82 Å². The second kappa shape index (κ2) is 4.17. The van der Waals surface area contributed by atoms with Crippen molar-refractivity contribution >= 4 is 5.82 Å². The van der Waals surface area contributed by atoms with E-state index in [1.807, 2.05) is 6.07 Å². The lowest BCUT2D eigenvalue weighted by atomic mass is 9.99. The van der Waals surface area contributed by atoms with Crippen LogP contribution in [0.1, 0.15) is 62.9 Å². The van der Waals surface area contributed by atoms with Crippen LogP contribution in [-0.4, -0.2) is 9.97 Å². The second-order valence-corrected chi connectivity index (χ2v) is 4.36. The van der Waals surface area contributed by atoms with E-state index in [-0.39, 0.29) is 0 Å². The molecule has 82 valence electrons. The molecular formula is C12H19N3. The molecule has 1 aromatic heterocycles. The molecule has 0 unspecified atom stereocenters. The summed E-state index contributed by atoms with van der Waals surface area (Å²) < 4.78 is 0. The predicted molar refractivity (Wildman–Crippen MR) is 61.7 cm³/mol. The van der Waals surface area contributed by atoms with E-state index in [9.17, 15) is 0 Å². The SMILES string of the molecule is CCC(CC)c1cc(N)nc(C2CC2)n1. The van der Waals surface area contributed by atoms with Gasteiger partial charge in [-0.1, -0.05) is 13.8 Å². The van der Waals surface area contributed by atoms with Crippen LogP contribution in [0, 0.1) is 0 Å². The molecule has 0 aromatic carbocycles. The van der Waals surface area contributed by atoms with Crippen molar-refractivity contribution in [2.24, 2.45) is 0 Å². The highest BCUT2D eigenvalue weighted by Crippen LogP contribution is 2.38. The van der Waals surface area contributed by atoms with Gasteiger partial charge in [0.2, 0.25) is 0 Å². The first-order valence-electron chi connectivity index (χ1n) is 5.89. The zero-order chi connectivity index (χ0) is 10.8. The highest BCUT2D eigenvalue weighted by atomic mass is 15.0. The number of hydrogen-bond donors (Lipinski definition) is 1. The van der Waals surface area contributed by atoms with Gasteiger partial charge in [0.1, 0.15) is 11.6 Å². The van der Waals surface area contributed by atoms with Crippen LogP contribution < -0.4 is 5.73 Å². The van der Waals surface area contributed by atoms with Gasteiger partial charge >= 0.3 is 0 Å². The van der Waals surface area contributed by atoms with Crippen molar-refractivity contribution in [2.75, 3.05) is 5.73 Å². The van der Waals surface area contributed by atoms with Crippen LogP contribution in [-0.2, 0) is 0 Å². The number of nitrogens with zero attached hydrogens (tertiary/aromatic N) is 2. The molecular weight excluding hydrogens is 186 g/mol. The molecule has 3 heteroatoms. The summed E-state index contributed by atoms with van der Waals surface area (Å²) in [4.78, 5) is 8.96. The number of rotatable bonds is 4. The van der Waals surface area contributed by atoms with Gasteiger partial charge in [-0.2, -0.15) is 0 Å². The number of nitrogen functional groups attached to an aromatic ring is 1. The van der Waals surface area contributed by atoms with Crippen LogP contribution in [0.5, 0.6) is 0 Å². The molecule has 3 nitrogen and oxygen atoms in total. The van der Waals surface area contributed by atoms with Gasteiger partial charge in [0.05, 0.1) is 0 Å². The van der Waals surface area contributed by atoms with Crippen LogP contribution >= 0.6 is 0 Å². The van der Waals surface area contributed by atoms with E-state index < -0.39 is 0 Å². The third-order valence-electron chi connectivity index (χ3n) is 3.13. The normalized spacial score (nSPS) is 15.9. The molecule has 0 amide bonds. The molecule has 1 heterocycles. The van der Waals surface area contributed by atoms with E-state index in [2.05, 4.69) is 23.8 Å². The maximum absolute atomic E-state index is 5.82. The fraction of sp³-hybridized carbons (Fsp3) is 0.667. The predicted octanol–water partition coefficient (Wildman–Crippen LogP) is 2.84. The first-order chi connectivity index (χ1) is 7.24. The highest BCUT2D eigenvalue weighted by molar-refractivity contribution is 5.32.